The summed E-state index contributed by atoms with van der Waals surface area (Å²) in [5.41, 5.74) is 0.650. The molecule has 0 aliphatic rings. The Labute approximate surface area is 84.8 Å². The summed E-state index contributed by atoms with van der Waals surface area (Å²) in [4.78, 5) is 17.7. The average Bonchev–Trinajstić information content (AvgIpc) is 2.58. The molecule has 2 aromatic rings. The van der Waals surface area contributed by atoms with Crippen LogP contribution in [0.25, 0.3) is 11.0 Å². The summed E-state index contributed by atoms with van der Waals surface area (Å²) in [6, 6.07) is 2.40. The summed E-state index contributed by atoms with van der Waals surface area (Å²) in [5, 5.41) is 8.71. The zero-order valence-electron chi connectivity index (χ0n) is 8.04. The Kier molecular flexibility index (Phi) is 2.15. The number of benzene rings is 1. The summed E-state index contributed by atoms with van der Waals surface area (Å²) < 4.78 is 13.3. The molecule has 0 unspecified atom stereocenters. The van der Waals surface area contributed by atoms with Crippen LogP contribution in [0.2, 0.25) is 0 Å². The maximum absolute atomic E-state index is 13.3. The molecule has 0 saturated heterocycles. The predicted molar refractivity (Wildman–Crippen MR) is 52.4 cm³/mol. The number of aromatic carboxylic acids is 1. The minimum atomic E-state index is -1.28. The van der Waals surface area contributed by atoms with Gasteiger partial charge in [-0.25, -0.2) is 14.2 Å². The van der Waals surface area contributed by atoms with Crippen LogP contribution in [0.4, 0.5) is 4.39 Å². The molecule has 0 radical (unpaired) electrons. The van der Waals surface area contributed by atoms with Crippen molar-refractivity contribution in [2.75, 3.05) is 0 Å². The van der Waals surface area contributed by atoms with Gasteiger partial charge in [0.05, 0.1) is 16.6 Å². The number of carbonyl (C=O) groups is 1. The van der Waals surface area contributed by atoms with Crippen LogP contribution in [-0.4, -0.2) is 21.0 Å². The Morgan fingerprint density at radius 1 is 1.60 bits per heavy atom. The van der Waals surface area contributed by atoms with Gasteiger partial charge in [-0.15, -0.1) is 0 Å². The lowest BCUT2D eigenvalue weighted by molar-refractivity contribution is 0.0692. The van der Waals surface area contributed by atoms with Gasteiger partial charge in [-0.3, -0.25) is 0 Å². The highest BCUT2D eigenvalue weighted by molar-refractivity contribution is 5.92. The fourth-order valence-corrected chi connectivity index (χ4v) is 1.41. The summed E-state index contributed by atoms with van der Waals surface area (Å²) in [6.45, 7) is 1.91. The Balaban J connectivity index is 2.68. The van der Waals surface area contributed by atoms with Crippen molar-refractivity contribution in [3.8, 4) is 0 Å². The Morgan fingerprint density at radius 2 is 2.33 bits per heavy atom. The zero-order valence-corrected chi connectivity index (χ0v) is 8.04. The molecule has 5 heteroatoms. The third kappa shape index (κ3) is 1.56. The van der Waals surface area contributed by atoms with E-state index in [2.05, 4.69) is 9.97 Å². The molecule has 1 aromatic heterocycles. The number of H-pyrrole nitrogens is 1. The monoisotopic (exact) mass is 208 g/mol. The van der Waals surface area contributed by atoms with Crippen LogP contribution in [0.1, 0.15) is 23.1 Å². The van der Waals surface area contributed by atoms with E-state index in [1.807, 2.05) is 6.92 Å². The number of aryl methyl sites for hydroxylation is 1. The molecule has 1 heterocycles. The number of carboxylic acids is 1. The van der Waals surface area contributed by atoms with Crippen molar-refractivity contribution < 1.29 is 14.3 Å². The fraction of sp³-hybridized carbons (Fsp3) is 0.200. The molecule has 15 heavy (non-hydrogen) atoms. The number of nitrogens with zero attached hydrogens (tertiary/aromatic N) is 1. The first-order valence-corrected chi connectivity index (χ1v) is 4.53. The molecule has 0 saturated carbocycles. The van der Waals surface area contributed by atoms with Crippen LogP contribution in [0.5, 0.6) is 0 Å². The highest BCUT2D eigenvalue weighted by Crippen LogP contribution is 2.17. The lowest BCUT2D eigenvalue weighted by Gasteiger charge is -1.95. The molecule has 0 atom stereocenters. The van der Waals surface area contributed by atoms with Crippen molar-refractivity contribution in [1.82, 2.24) is 9.97 Å². The molecule has 78 valence electrons. The average molecular weight is 208 g/mol. The number of hydrogen-bond acceptors (Lipinski definition) is 2. The quantitative estimate of drug-likeness (QED) is 0.792. The minimum Gasteiger partial charge on any atom is -0.478 e. The largest absolute Gasteiger partial charge is 0.478 e. The van der Waals surface area contributed by atoms with E-state index in [4.69, 9.17) is 5.11 Å². The second kappa shape index (κ2) is 3.34. The maximum atomic E-state index is 13.3. The minimum absolute atomic E-state index is 0.350. The Hall–Kier alpha value is -1.91. The number of nitrogens with one attached hydrogen (secondary N) is 1. The van der Waals surface area contributed by atoms with Gasteiger partial charge in [0.2, 0.25) is 0 Å². The van der Waals surface area contributed by atoms with E-state index >= 15 is 0 Å². The number of hydrogen-bond donors (Lipinski definition) is 2. The van der Waals surface area contributed by atoms with Crippen LogP contribution in [-0.2, 0) is 6.42 Å². The summed E-state index contributed by atoms with van der Waals surface area (Å²) in [6.07, 6.45) is 0.693. The first kappa shape index (κ1) is 9.64. The highest BCUT2D eigenvalue weighted by Gasteiger charge is 2.13. The van der Waals surface area contributed by atoms with Crippen molar-refractivity contribution in [2.45, 2.75) is 13.3 Å². The number of halogens is 1. The number of rotatable bonds is 2. The van der Waals surface area contributed by atoms with Crippen molar-refractivity contribution >= 4 is 17.0 Å². The van der Waals surface area contributed by atoms with E-state index in [0.29, 0.717) is 23.3 Å². The number of fused-ring (bicyclic) bond motifs is 1. The third-order valence-corrected chi connectivity index (χ3v) is 2.19. The van der Waals surface area contributed by atoms with Crippen LogP contribution >= 0.6 is 0 Å². The molecule has 0 amide bonds. The number of aromatic nitrogens is 2. The molecule has 0 aliphatic carbocycles. The molecule has 2 rings (SSSR count). The SMILES string of the molecule is CCc1nc2cc(C(=O)O)c(F)cc2[nH]1. The molecule has 2 N–H and O–H groups in total. The van der Waals surface area contributed by atoms with Crippen LogP contribution in [0, 0.1) is 5.82 Å². The normalized spacial score (nSPS) is 10.8. The summed E-state index contributed by atoms with van der Waals surface area (Å²) in [7, 11) is 0. The Bertz CT molecular complexity index is 533. The van der Waals surface area contributed by atoms with Crippen LogP contribution < -0.4 is 0 Å². The summed E-state index contributed by atoms with van der Waals surface area (Å²) >= 11 is 0. The van der Waals surface area contributed by atoms with Gasteiger partial charge in [0.1, 0.15) is 11.6 Å². The van der Waals surface area contributed by atoms with Crippen molar-refractivity contribution in [1.29, 1.82) is 0 Å². The smallest absolute Gasteiger partial charge is 0.338 e. The van der Waals surface area contributed by atoms with Crippen molar-refractivity contribution in [3.05, 3.63) is 29.3 Å². The van der Waals surface area contributed by atoms with Crippen molar-refractivity contribution in [3.63, 3.8) is 0 Å². The molecule has 0 aliphatic heterocycles. The van der Waals surface area contributed by atoms with E-state index in [0.717, 1.165) is 6.07 Å². The molecule has 0 spiro atoms. The fourth-order valence-electron chi connectivity index (χ4n) is 1.41. The van der Waals surface area contributed by atoms with Crippen LogP contribution in [0.3, 0.4) is 0 Å². The highest BCUT2D eigenvalue weighted by atomic mass is 19.1. The molecule has 4 nitrogen and oxygen atoms in total. The first-order valence-electron chi connectivity index (χ1n) is 4.53. The number of imidazole rings is 1. The van der Waals surface area contributed by atoms with Crippen molar-refractivity contribution in [2.24, 2.45) is 0 Å². The lowest BCUT2D eigenvalue weighted by atomic mass is 10.2. The molecular weight excluding hydrogens is 199 g/mol. The van der Waals surface area contributed by atoms with E-state index in [1.54, 1.807) is 0 Å². The van der Waals surface area contributed by atoms with Gasteiger partial charge in [0.25, 0.3) is 0 Å². The second-order valence-electron chi connectivity index (χ2n) is 3.19. The van der Waals surface area contributed by atoms with E-state index < -0.39 is 11.8 Å². The third-order valence-electron chi connectivity index (χ3n) is 2.19. The second-order valence-corrected chi connectivity index (χ2v) is 3.19. The molecule has 0 bridgehead atoms. The predicted octanol–water partition coefficient (Wildman–Crippen LogP) is 1.96. The zero-order chi connectivity index (χ0) is 11.0. The van der Waals surface area contributed by atoms with E-state index in [1.165, 1.54) is 6.07 Å². The van der Waals surface area contributed by atoms with Gasteiger partial charge in [-0.2, -0.15) is 0 Å². The molecular formula is C10H9FN2O2. The standard InChI is InChI=1S/C10H9FN2O2/c1-2-9-12-7-3-5(10(14)15)6(11)4-8(7)13-9/h3-4H,2H2,1H3,(H,12,13)(H,14,15). The van der Waals surface area contributed by atoms with Gasteiger partial charge in [-0.05, 0) is 6.07 Å². The van der Waals surface area contributed by atoms with Gasteiger partial charge in [-0.1, -0.05) is 6.92 Å². The van der Waals surface area contributed by atoms with E-state index in [9.17, 15) is 9.18 Å². The first-order chi connectivity index (χ1) is 7.11. The van der Waals surface area contributed by atoms with Gasteiger partial charge in [0, 0.05) is 12.5 Å². The van der Waals surface area contributed by atoms with Crippen LogP contribution in [0.15, 0.2) is 12.1 Å². The maximum Gasteiger partial charge on any atom is 0.338 e. The topological polar surface area (TPSA) is 66.0 Å². The molecule has 0 fully saturated rings. The number of carboxylic acid groups (broad SMARTS) is 1. The van der Waals surface area contributed by atoms with Gasteiger partial charge < -0.3 is 10.1 Å². The van der Waals surface area contributed by atoms with Gasteiger partial charge >= 0.3 is 5.97 Å². The van der Waals surface area contributed by atoms with Gasteiger partial charge in [0.15, 0.2) is 0 Å². The molecule has 1 aromatic carbocycles. The Morgan fingerprint density at radius 3 is 2.93 bits per heavy atom. The van der Waals surface area contributed by atoms with E-state index in [-0.39, 0.29) is 5.56 Å². The number of aromatic amines is 1. The summed E-state index contributed by atoms with van der Waals surface area (Å²) in [5.74, 6) is -1.32. The lowest BCUT2D eigenvalue weighted by Crippen LogP contribution is -1.99.